The molecule has 1 fully saturated rings. The predicted molar refractivity (Wildman–Crippen MR) is 108 cm³/mol. The van der Waals surface area contributed by atoms with Gasteiger partial charge in [0.25, 0.3) is 5.82 Å². The monoisotopic (exact) mass is 430 g/mol. The van der Waals surface area contributed by atoms with Crippen LogP contribution in [0.3, 0.4) is 0 Å². The molecule has 10 heteroatoms. The first-order chi connectivity index (χ1) is 14.8. The molecule has 1 saturated heterocycles. The summed E-state index contributed by atoms with van der Waals surface area (Å²) in [6.07, 6.45) is -2.53. The van der Waals surface area contributed by atoms with Gasteiger partial charge in [0.05, 0.1) is 0 Å². The second-order valence-corrected chi connectivity index (χ2v) is 8.13. The van der Waals surface area contributed by atoms with Crippen LogP contribution in [0.5, 0.6) is 0 Å². The zero-order chi connectivity index (χ0) is 21.8. The van der Waals surface area contributed by atoms with Crippen LogP contribution >= 0.6 is 0 Å². The van der Waals surface area contributed by atoms with E-state index in [1.807, 2.05) is 28.0 Å². The number of hydrogen-bond acceptors (Lipinski definition) is 5. The van der Waals surface area contributed by atoms with Crippen molar-refractivity contribution in [3.63, 3.8) is 0 Å². The Labute approximate surface area is 176 Å². The molecule has 4 heterocycles. The van der Waals surface area contributed by atoms with Crippen LogP contribution in [0, 0.1) is 5.92 Å². The lowest BCUT2D eigenvalue weighted by molar-refractivity contribution is -0.146. The van der Waals surface area contributed by atoms with Gasteiger partial charge in [0.15, 0.2) is 5.65 Å². The third-order valence-corrected chi connectivity index (χ3v) is 6.12. The number of amides is 1. The van der Waals surface area contributed by atoms with Crippen LogP contribution in [0.4, 0.5) is 24.7 Å². The van der Waals surface area contributed by atoms with Gasteiger partial charge in [-0.2, -0.15) is 17.7 Å². The van der Waals surface area contributed by atoms with Crippen LogP contribution in [0.25, 0.3) is 5.65 Å². The molecule has 0 bridgehead atoms. The Bertz CT molecular complexity index is 1140. The molecule has 0 aliphatic carbocycles. The molecule has 31 heavy (non-hydrogen) atoms. The molecule has 7 nitrogen and oxygen atoms in total. The number of rotatable bonds is 2. The quantitative estimate of drug-likeness (QED) is 0.624. The Morgan fingerprint density at radius 2 is 1.81 bits per heavy atom. The Kier molecular flexibility index (Phi) is 4.60. The highest BCUT2D eigenvalue weighted by Crippen LogP contribution is 2.35. The number of para-hydroxylation sites is 1. The average molecular weight is 430 g/mol. The summed E-state index contributed by atoms with van der Waals surface area (Å²) < 4.78 is 40.1. The first kappa shape index (κ1) is 19.8. The molecule has 3 aromatic rings. The molecule has 2 aliphatic heterocycles. The molecule has 0 saturated carbocycles. The molecule has 0 radical (unpaired) electrons. The maximum absolute atomic E-state index is 13.3. The van der Waals surface area contributed by atoms with Gasteiger partial charge in [-0.05, 0) is 49.9 Å². The fraction of sp³-hybridized carbons (Fsp3) is 0.429. The van der Waals surface area contributed by atoms with E-state index in [0.717, 1.165) is 16.6 Å². The van der Waals surface area contributed by atoms with E-state index in [1.54, 1.807) is 6.07 Å². The first-order valence-electron chi connectivity index (χ1n) is 10.3. The molecule has 1 amide bonds. The number of halogens is 3. The van der Waals surface area contributed by atoms with Crippen LogP contribution in [-0.4, -0.2) is 44.8 Å². The van der Waals surface area contributed by atoms with Crippen molar-refractivity contribution in [2.45, 2.75) is 38.4 Å². The van der Waals surface area contributed by atoms with Crippen molar-refractivity contribution >= 4 is 23.1 Å². The predicted octanol–water partition coefficient (Wildman–Crippen LogP) is 3.34. The van der Waals surface area contributed by atoms with Crippen LogP contribution < -0.4 is 9.80 Å². The highest BCUT2D eigenvalue weighted by atomic mass is 19.4. The third kappa shape index (κ3) is 3.39. The SMILES string of the molecule is C[C@H]1Cc2ccccc2N1C(=O)C1CCN(c2ccc3nnc(C(F)(F)F)n3n2)CC1. The van der Waals surface area contributed by atoms with Crippen molar-refractivity contribution in [1.29, 1.82) is 0 Å². The molecule has 1 aromatic carbocycles. The number of benzene rings is 1. The molecular formula is C21H21F3N6O. The van der Waals surface area contributed by atoms with E-state index in [9.17, 15) is 18.0 Å². The van der Waals surface area contributed by atoms with Gasteiger partial charge >= 0.3 is 6.18 Å². The summed E-state index contributed by atoms with van der Waals surface area (Å²) >= 11 is 0. The van der Waals surface area contributed by atoms with Gasteiger partial charge in [0.1, 0.15) is 5.82 Å². The Morgan fingerprint density at radius 1 is 1.06 bits per heavy atom. The molecular weight excluding hydrogens is 409 g/mol. The average Bonchev–Trinajstić information content (AvgIpc) is 3.33. The van der Waals surface area contributed by atoms with Gasteiger partial charge < -0.3 is 9.80 Å². The zero-order valence-electron chi connectivity index (χ0n) is 16.9. The molecule has 2 aromatic heterocycles. The third-order valence-electron chi connectivity index (χ3n) is 6.12. The van der Waals surface area contributed by atoms with Crippen LogP contribution in [0.15, 0.2) is 36.4 Å². The number of anilines is 2. The minimum Gasteiger partial charge on any atom is -0.355 e. The van der Waals surface area contributed by atoms with Crippen molar-refractivity contribution in [2.24, 2.45) is 5.92 Å². The number of piperidine rings is 1. The number of hydrogen-bond donors (Lipinski definition) is 0. The van der Waals surface area contributed by atoms with E-state index in [-0.39, 0.29) is 23.5 Å². The zero-order valence-corrected chi connectivity index (χ0v) is 16.9. The fourth-order valence-corrected chi connectivity index (χ4v) is 4.58. The smallest absolute Gasteiger partial charge is 0.355 e. The minimum absolute atomic E-state index is 0.0443. The second-order valence-electron chi connectivity index (χ2n) is 8.13. The van der Waals surface area contributed by atoms with Crippen molar-refractivity contribution in [1.82, 2.24) is 19.8 Å². The lowest BCUT2D eigenvalue weighted by Crippen LogP contribution is -2.45. The normalized spacial score (nSPS) is 19.8. The topological polar surface area (TPSA) is 66.6 Å². The van der Waals surface area contributed by atoms with Crippen molar-refractivity contribution in [3.05, 3.63) is 47.8 Å². The lowest BCUT2D eigenvalue weighted by atomic mass is 9.95. The number of aromatic nitrogens is 4. The maximum Gasteiger partial charge on any atom is 0.453 e. The Balaban J connectivity index is 1.31. The van der Waals surface area contributed by atoms with E-state index in [4.69, 9.17) is 0 Å². The number of alkyl halides is 3. The maximum atomic E-state index is 13.3. The number of carbonyl (C=O) groups is 1. The van der Waals surface area contributed by atoms with Crippen LogP contribution in [-0.2, 0) is 17.4 Å². The van der Waals surface area contributed by atoms with Gasteiger partial charge in [0, 0.05) is 30.7 Å². The van der Waals surface area contributed by atoms with Gasteiger partial charge in [0.2, 0.25) is 5.91 Å². The summed E-state index contributed by atoms with van der Waals surface area (Å²) in [6.45, 7) is 3.15. The summed E-state index contributed by atoms with van der Waals surface area (Å²) in [6, 6.07) is 11.2. The molecule has 2 aliphatic rings. The summed E-state index contributed by atoms with van der Waals surface area (Å²) in [5, 5.41) is 10.9. The fourth-order valence-electron chi connectivity index (χ4n) is 4.58. The molecule has 0 unspecified atom stereocenters. The Morgan fingerprint density at radius 3 is 2.55 bits per heavy atom. The van der Waals surface area contributed by atoms with E-state index in [1.165, 1.54) is 11.6 Å². The molecule has 5 rings (SSSR count). The molecule has 0 spiro atoms. The number of nitrogens with zero attached hydrogens (tertiary/aromatic N) is 6. The summed E-state index contributed by atoms with van der Waals surface area (Å²) in [4.78, 5) is 17.1. The summed E-state index contributed by atoms with van der Waals surface area (Å²) in [5.41, 5.74) is 2.22. The standard InChI is InChI=1S/C21H21F3N6O/c1-13-12-15-4-2-3-5-16(15)29(13)19(31)14-8-10-28(11-9-14)18-7-6-17-25-26-20(21(22,23)24)30(17)27-18/h2-7,13-14H,8-12H2,1H3/t13-/m0/s1. The molecule has 1 atom stereocenters. The lowest BCUT2D eigenvalue weighted by Gasteiger charge is -2.35. The molecule has 162 valence electrons. The van der Waals surface area contributed by atoms with Crippen LogP contribution in [0.2, 0.25) is 0 Å². The van der Waals surface area contributed by atoms with Crippen molar-refractivity contribution < 1.29 is 18.0 Å². The van der Waals surface area contributed by atoms with E-state index in [2.05, 4.69) is 28.3 Å². The van der Waals surface area contributed by atoms with Gasteiger partial charge in [-0.1, -0.05) is 18.2 Å². The van der Waals surface area contributed by atoms with E-state index in [0.29, 0.717) is 31.7 Å². The van der Waals surface area contributed by atoms with Crippen molar-refractivity contribution in [3.8, 4) is 0 Å². The van der Waals surface area contributed by atoms with Crippen LogP contribution in [0.1, 0.15) is 31.2 Å². The minimum atomic E-state index is -4.63. The van der Waals surface area contributed by atoms with Gasteiger partial charge in [-0.25, -0.2) is 0 Å². The summed E-state index contributed by atoms with van der Waals surface area (Å²) in [5.74, 6) is -0.715. The van der Waals surface area contributed by atoms with Crippen molar-refractivity contribution in [2.75, 3.05) is 22.9 Å². The van der Waals surface area contributed by atoms with Gasteiger partial charge in [-0.15, -0.1) is 15.3 Å². The number of fused-ring (bicyclic) bond motifs is 2. The highest BCUT2D eigenvalue weighted by Gasteiger charge is 2.38. The molecule has 0 N–H and O–H groups in total. The first-order valence-corrected chi connectivity index (χ1v) is 10.3. The highest BCUT2D eigenvalue weighted by molar-refractivity contribution is 5.97. The largest absolute Gasteiger partial charge is 0.453 e. The number of carbonyl (C=O) groups excluding carboxylic acids is 1. The summed E-state index contributed by atoms with van der Waals surface area (Å²) in [7, 11) is 0. The van der Waals surface area contributed by atoms with E-state index >= 15 is 0 Å². The van der Waals surface area contributed by atoms with Gasteiger partial charge in [-0.3, -0.25) is 4.79 Å². The van der Waals surface area contributed by atoms with E-state index < -0.39 is 12.0 Å². The Hall–Kier alpha value is -3.17. The second kappa shape index (κ2) is 7.21.